The average molecular weight is 761 g/mol. The van der Waals surface area contributed by atoms with Crippen molar-refractivity contribution in [3.8, 4) is 11.8 Å². The van der Waals surface area contributed by atoms with Crippen molar-refractivity contribution in [2.45, 2.75) is 49.9 Å². The first-order valence-electron chi connectivity index (χ1n) is 18.7. The predicted octanol–water partition coefficient (Wildman–Crippen LogP) is 5.83. The number of carbonyl (C=O) groups is 4. The van der Waals surface area contributed by atoms with Gasteiger partial charge in [0.1, 0.15) is 35.8 Å². The zero-order valence-electron chi connectivity index (χ0n) is 32.0. The molecule has 0 bridgehead atoms. The zero-order chi connectivity index (χ0) is 39.9. The number of likely N-dealkylation sites (N-methyl/N-ethyl adjacent to an activating group) is 2. The lowest BCUT2D eigenvalue weighted by Crippen LogP contribution is -2.47. The molecule has 2 saturated heterocycles. The Morgan fingerprint density at radius 1 is 0.571 bits per heavy atom. The molecule has 4 atom stereocenters. The van der Waals surface area contributed by atoms with Gasteiger partial charge in [0.15, 0.2) is 0 Å². The number of nitrogens with one attached hydrogen (secondary N) is 2. The van der Waals surface area contributed by atoms with Gasteiger partial charge < -0.3 is 20.4 Å². The summed E-state index contributed by atoms with van der Waals surface area (Å²) in [6, 6.07) is 23.4. The highest BCUT2D eigenvalue weighted by molar-refractivity contribution is 5.99. The van der Waals surface area contributed by atoms with Crippen molar-refractivity contribution >= 4 is 35.0 Å². The Morgan fingerprint density at radius 3 is 1.23 bits per heavy atom. The van der Waals surface area contributed by atoms with Crippen LogP contribution in [0, 0.1) is 23.5 Å². The maximum absolute atomic E-state index is 13.7. The number of hydrogen-bond acceptors (Lipinski definition) is 6. The van der Waals surface area contributed by atoms with E-state index in [0.29, 0.717) is 61.3 Å². The summed E-state index contributed by atoms with van der Waals surface area (Å²) in [7, 11) is 7.14. The van der Waals surface area contributed by atoms with Crippen molar-refractivity contribution in [3.05, 3.63) is 131 Å². The van der Waals surface area contributed by atoms with Crippen LogP contribution in [0.3, 0.4) is 0 Å². The van der Waals surface area contributed by atoms with Crippen LogP contribution in [0.2, 0.25) is 0 Å². The third-order valence-corrected chi connectivity index (χ3v) is 10.2. The summed E-state index contributed by atoms with van der Waals surface area (Å²) in [5.74, 6) is 4.53. The molecule has 2 N–H and O–H groups in total. The van der Waals surface area contributed by atoms with Crippen molar-refractivity contribution in [3.63, 3.8) is 0 Å². The summed E-state index contributed by atoms with van der Waals surface area (Å²) in [5.41, 5.74) is 3.94. The quantitative estimate of drug-likeness (QED) is 0.197. The molecule has 0 radical (unpaired) electrons. The molecule has 4 aromatic carbocycles. The molecule has 0 unspecified atom stereocenters. The first-order valence-corrected chi connectivity index (χ1v) is 18.7. The van der Waals surface area contributed by atoms with Gasteiger partial charge in [0.05, 0.1) is 0 Å². The molecule has 12 heteroatoms. The molecule has 2 aliphatic heterocycles. The van der Waals surface area contributed by atoms with E-state index in [1.54, 1.807) is 121 Å². The molecule has 4 amide bonds. The van der Waals surface area contributed by atoms with Crippen molar-refractivity contribution in [2.24, 2.45) is 0 Å². The second kappa shape index (κ2) is 17.7. The summed E-state index contributed by atoms with van der Waals surface area (Å²) < 4.78 is 27.1. The number of rotatable bonds is 10. The van der Waals surface area contributed by atoms with E-state index in [0.717, 1.165) is 11.1 Å². The molecule has 2 aliphatic rings. The van der Waals surface area contributed by atoms with E-state index >= 15 is 0 Å². The first kappa shape index (κ1) is 39.8. The van der Waals surface area contributed by atoms with Gasteiger partial charge in [0, 0.05) is 35.6 Å². The van der Waals surface area contributed by atoms with Gasteiger partial charge in [-0.2, -0.15) is 0 Å². The van der Waals surface area contributed by atoms with Crippen molar-refractivity contribution in [1.82, 2.24) is 19.6 Å². The fourth-order valence-electron chi connectivity index (χ4n) is 7.40. The predicted molar refractivity (Wildman–Crippen MR) is 211 cm³/mol. The Balaban J connectivity index is 1.03. The van der Waals surface area contributed by atoms with Crippen LogP contribution in [0.15, 0.2) is 97.1 Å². The van der Waals surface area contributed by atoms with E-state index in [4.69, 9.17) is 0 Å². The van der Waals surface area contributed by atoms with Crippen molar-refractivity contribution in [2.75, 3.05) is 51.9 Å². The summed E-state index contributed by atoms with van der Waals surface area (Å²) in [6.45, 7) is 0.921. The third-order valence-electron chi connectivity index (χ3n) is 10.2. The minimum atomic E-state index is -0.644. The average Bonchev–Trinajstić information content (AvgIpc) is 3.88. The largest absolute Gasteiger partial charge is 0.329 e. The molecule has 290 valence electrons. The van der Waals surface area contributed by atoms with Crippen LogP contribution in [0.5, 0.6) is 0 Å². The standard InChI is InChI=1S/C44H46F2N6O4/c1-49(2)39(31-15-19-33(45)20-16-31)43(55)51-27-5-7-37(51)41(53)47-35-23-11-29(12-24-35)9-10-30-13-25-36(26-14-30)48-42(54)38-8-6-28-52(38)44(56)40(50(3)4)32-17-21-34(46)22-18-32/h11-26,37-40H,5-8,27-28H2,1-4H3,(H,47,53)(H,48,54)/t37-,38-,39+,40+/m0/s1. The van der Waals surface area contributed by atoms with E-state index in [1.165, 1.54) is 24.3 Å². The second-order valence-electron chi connectivity index (χ2n) is 14.6. The van der Waals surface area contributed by atoms with E-state index in [-0.39, 0.29) is 35.3 Å². The summed E-state index contributed by atoms with van der Waals surface area (Å²) >= 11 is 0. The number of benzene rings is 4. The van der Waals surface area contributed by atoms with Crippen LogP contribution in [0.4, 0.5) is 20.2 Å². The number of carbonyl (C=O) groups excluding carboxylic acids is 4. The third kappa shape index (κ3) is 9.30. The van der Waals surface area contributed by atoms with Gasteiger partial charge in [0.25, 0.3) is 0 Å². The van der Waals surface area contributed by atoms with Gasteiger partial charge >= 0.3 is 0 Å². The van der Waals surface area contributed by atoms with Crippen LogP contribution in [-0.2, 0) is 19.2 Å². The topological polar surface area (TPSA) is 105 Å². The highest BCUT2D eigenvalue weighted by Gasteiger charge is 2.40. The first-order chi connectivity index (χ1) is 26.9. The Morgan fingerprint density at radius 2 is 0.911 bits per heavy atom. The molecule has 0 spiro atoms. The van der Waals surface area contributed by atoms with Gasteiger partial charge in [-0.15, -0.1) is 0 Å². The minimum absolute atomic E-state index is 0.203. The monoisotopic (exact) mass is 760 g/mol. The van der Waals surface area contributed by atoms with Crippen LogP contribution >= 0.6 is 0 Å². The Labute approximate surface area is 326 Å². The normalized spacial score (nSPS) is 17.6. The van der Waals surface area contributed by atoms with Crippen molar-refractivity contribution < 1.29 is 28.0 Å². The fourth-order valence-corrected chi connectivity index (χ4v) is 7.40. The Hall–Kier alpha value is -5.90. The molecule has 2 fully saturated rings. The maximum atomic E-state index is 13.7. The smallest absolute Gasteiger partial charge is 0.247 e. The van der Waals surface area contributed by atoms with Crippen LogP contribution in [-0.4, -0.2) is 96.6 Å². The van der Waals surface area contributed by atoms with E-state index < -0.39 is 24.2 Å². The van der Waals surface area contributed by atoms with Crippen LogP contribution < -0.4 is 10.6 Å². The Bertz CT molecular complexity index is 1950. The summed E-state index contributed by atoms with van der Waals surface area (Å²) in [4.78, 5) is 60.9. The summed E-state index contributed by atoms with van der Waals surface area (Å²) in [5, 5.41) is 5.88. The molecular weight excluding hydrogens is 715 g/mol. The van der Waals surface area contributed by atoms with Gasteiger partial charge in [0.2, 0.25) is 23.6 Å². The van der Waals surface area contributed by atoms with Crippen LogP contribution in [0.25, 0.3) is 0 Å². The van der Waals surface area contributed by atoms with Crippen molar-refractivity contribution in [1.29, 1.82) is 0 Å². The molecule has 0 aromatic heterocycles. The summed E-state index contributed by atoms with van der Waals surface area (Å²) in [6.07, 6.45) is 2.49. The second-order valence-corrected chi connectivity index (χ2v) is 14.6. The highest BCUT2D eigenvalue weighted by atomic mass is 19.1. The number of likely N-dealkylation sites (tertiary alicyclic amines) is 2. The molecule has 4 aromatic rings. The SMILES string of the molecule is CN(C)[C@@H](C(=O)N1CCC[C@H]1C(=O)Nc1ccc(C#Cc2ccc(NC(=O)[C@@H]3CCCN3C(=O)[C@@H](c3ccc(F)cc3)N(C)C)cc2)cc1)c1ccc(F)cc1. The van der Waals surface area contributed by atoms with Gasteiger partial charge in [-0.1, -0.05) is 36.1 Å². The lowest BCUT2D eigenvalue weighted by atomic mass is 10.0. The number of halogens is 2. The number of amides is 4. The molecule has 2 heterocycles. The number of hydrogen-bond donors (Lipinski definition) is 2. The van der Waals surface area contributed by atoms with Gasteiger partial charge in [-0.05, 0) is 138 Å². The minimum Gasteiger partial charge on any atom is -0.329 e. The molecule has 10 nitrogen and oxygen atoms in total. The molecule has 0 aliphatic carbocycles. The van der Waals surface area contributed by atoms with Gasteiger partial charge in [-0.25, -0.2) is 8.78 Å². The highest BCUT2D eigenvalue weighted by Crippen LogP contribution is 2.29. The molecule has 6 rings (SSSR count). The van der Waals surface area contributed by atoms with Crippen LogP contribution in [0.1, 0.15) is 60.0 Å². The van der Waals surface area contributed by atoms with Gasteiger partial charge in [-0.3, -0.25) is 29.0 Å². The number of anilines is 2. The van der Waals surface area contributed by atoms with E-state index in [2.05, 4.69) is 22.5 Å². The fraction of sp³-hybridized carbons (Fsp3) is 0.318. The Kier molecular flexibility index (Phi) is 12.6. The lowest BCUT2D eigenvalue weighted by molar-refractivity contribution is -0.141. The maximum Gasteiger partial charge on any atom is 0.247 e. The number of nitrogens with zero attached hydrogens (tertiary/aromatic N) is 4. The zero-order valence-corrected chi connectivity index (χ0v) is 32.0. The lowest BCUT2D eigenvalue weighted by Gasteiger charge is -2.31. The van der Waals surface area contributed by atoms with E-state index in [9.17, 15) is 28.0 Å². The molecule has 0 saturated carbocycles. The molecular formula is C44H46F2N6O4. The molecule has 56 heavy (non-hydrogen) atoms. The van der Waals surface area contributed by atoms with E-state index in [1.807, 2.05) is 0 Å².